The molecule has 0 bridgehead atoms. The van der Waals surface area contributed by atoms with Gasteiger partial charge in [0.1, 0.15) is 5.75 Å². The highest BCUT2D eigenvalue weighted by Gasteiger charge is 2.26. The second kappa shape index (κ2) is 12.3. The zero-order chi connectivity index (χ0) is 21.5. The van der Waals surface area contributed by atoms with Crippen LogP contribution in [0.2, 0.25) is 0 Å². The van der Waals surface area contributed by atoms with Gasteiger partial charge in [0.15, 0.2) is 5.96 Å². The molecule has 2 heterocycles. The molecule has 1 atom stereocenters. The Labute approximate surface area is 203 Å². The van der Waals surface area contributed by atoms with Crippen molar-refractivity contribution in [2.75, 3.05) is 40.5 Å². The van der Waals surface area contributed by atoms with Gasteiger partial charge in [-0.3, -0.25) is 4.68 Å². The number of hydrogen-bond donors (Lipinski definition) is 1. The summed E-state index contributed by atoms with van der Waals surface area (Å²) < 4.78 is 12.5. The molecule has 0 amide bonds. The lowest BCUT2D eigenvalue weighted by Gasteiger charge is -2.22. The van der Waals surface area contributed by atoms with Crippen molar-refractivity contribution in [3.8, 4) is 5.75 Å². The Balaban J connectivity index is 0.00000341. The van der Waals surface area contributed by atoms with Crippen molar-refractivity contribution in [2.24, 2.45) is 4.99 Å². The fraction of sp³-hybridized carbons (Fsp3) is 0.565. The van der Waals surface area contributed by atoms with Crippen molar-refractivity contribution in [1.82, 2.24) is 20.0 Å². The maximum absolute atomic E-state index is 5.29. The average molecular weight is 541 g/mol. The minimum Gasteiger partial charge on any atom is -0.497 e. The van der Waals surface area contributed by atoms with Crippen molar-refractivity contribution < 1.29 is 9.47 Å². The SMILES string of the molecule is CCNC(=NCc1c(C)nn(CCOC)c1C)N1CCC(c2ccc(OC)cc2)C1.I. The molecule has 0 saturated carbocycles. The molecule has 2 aromatic rings. The molecule has 1 saturated heterocycles. The molecule has 8 heteroatoms. The molecule has 1 aromatic carbocycles. The molecule has 1 aromatic heterocycles. The van der Waals surface area contributed by atoms with E-state index < -0.39 is 0 Å². The summed E-state index contributed by atoms with van der Waals surface area (Å²) in [7, 11) is 3.42. The molecule has 7 nitrogen and oxygen atoms in total. The Morgan fingerprint density at radius 2 is 1.97 bits per heavy atom. The molecule has 31 heavy (non-hydrogen) atoms. The second-order valence-electron chi connectivity index (χ2n) is 7.74. The Morgan fingerprint density at radius 1 is 1.23 bits per heavy atom. The van der Waals surface area contributed by atoms with Gasteiger partial charge in [-0.2, -0.15) is 5.10 Å². The number of halogens is 1. The van der Waals surface area contributed by atoms with E-state index in [4.69, 9.17) is 14.5 Å². The van der Waals surface area contributed by atoms with E-state index in [1.165, 1.54) is 16.8 Å². The number of nitrogens with one attached hydrogen (secondary N) is 1. The van der Waals surface area contributed by atoms with E-state index in [0.29, 0.717) is 19.1 Å². The smallest absolute Gasteiger partial charge is 0.194 e. The molecule has 0 aliphatic carbocycles. The summed E-state index contributed by atoms with van der Waals surface area (Å²) in [5.41, 5.74) is 4.77. The standard InChI is InChI=1S/C23H35N5O2.HI/c1-6-24-23(25-15-22-17(2)26-28(18(22)3)13-14-29-4)27-12-11-20(16-27)19-7-9-21(30-5)10-8-19;/h7-10,20H,6,11-16H2,1-5H3,(H,24,25);1H. The van der Waals surface area contributed by atoms with E-state index in [9.17, 15) is 0 Å². The van der Waals surface area contributed by atoms with Gasteiger partial charge in [-0.1, -0.05) is 12.1 Å². The van der Waals surface area contributed by atoms with Crippen LogP contribution in [0.1, 0.15) is 41.8 Å². The maximum Gasteiger partial charge on any atom is 0.194 e. The van der Waals surface area contributed by atoms with Crippen molar-refractivity contribution in [3.05, 3.63) is 46.8 Å². The normalized spacial score (nSPS) is 16.4. The minimum atomic E-state index is 0. The van der Waals surface area contributed by atoms with Crippen LogP contribution in [-0.4, -0.2) is 61.1 Å². The molecule has 1 N–H and O–H groups in total. The first-order valence-electron chi connectivity index (χ1n) is 10.8. The van der Waals surface area contributed by atoms with E-state index in [0.717, 1.165) is 50.0 Å². The predicted molar refractivity (Wildman–Crippen MR) is 136 cm³/mol. The zero-order valence-corrected chi connectivity index (χ0v) is 21.7. The number of aryl methyl sites for hydroxylation is 1. The molecule has 1 unspecified atom stereocenters. The van der Waals surface area contributed by atoms with Crippen LogP contribution in [0, 0.1) is 13.8 Å². The summed E-state index contributed by atoms with van der Waals surface area (Å²) in [4.78, 5) is 7.34. The summed E-state index contributed by atoms with van der Waals surface area (Å²) >= 11 is 0. The second-order valence-corrected chi connectivity index (χ2v) is 7.74. The third-order valence-corrected chi connectivity index (χ3v) is 5.84. The molecule has 172 valence electrons. The van der Waals surface area contributed by atoms with Crippen LogP contribution in [0.15, 0.2) is 29.3 Å². The van der Waals surface area contributed by atoms with Gasteiger partial charge in [-0.05, 0) is 44.9 Å². The lowest BCUT2D eigenvalue weighted by molar-refractivity contribution is 0.182. The third kappa shape index (κ3) is 6.35. The van der Waals surface area contributed by atoms with Gasteiger partial charge in [-0.25, -0.2) is 4.99 Å². The number of benzene rings is 1. The molecule has 0 spiro atoms. The third-order valence-electron chi connectivity index (χ3n) is 5.84. The van der Waals surface area contributed by atoms with Crippen molar-refractivity contribution in [1.29, 1.82) is 0 Å². The first kappa shape index (κ1) is 25.5. The number of aromatic nitrogens is 2. The lowest BCUT2D eigenvalue weighted by Crippen LogP contribution is -2.40. The van der Waals surface area contributed by atoms with Crippen LogP contribution in [0.25, 0.3) is 0 Å². The van der Waals surface area contributed by atoms with Crippen LogP contribution in [0.4, 0.5) is 0 Å². The molecular formula is C23H36IN5O2. The molecule has 1 fully saturated rings. The van der Waals surface area contributed by atoms with Crippen molar-refractivity contribution in [3.63, 3.8) is 0 Å². The number of ether oxygens (including phenoxy) is 2. The lowest BCUT2D eigenvalue weighted by atomic mass is 9.98. The number of nitrogens with zero attached hydrogens (tertiary/aromatic N) is 4. The van der Waals surface area contributed by atoms with E-state index in [2.05, 4.69) is 48.2 Å². The van der Waals surface area contributed by atoms with E-state index >= 15 is 0 Å². The van der Waals surface area contributed by atoms with E-state index in [-0.39, 0.29) is 24.0 Å². The van der Waals surface area contributed by atoms with Crippen LogP contribution >= 0.6 is 24.0 Å². The maximum atomic E-state index is 5.29. The van der Waals surface area contributed by atoms with Gasteiger partial charge in [-0.15, -0.1) is 24.0 Å². The quantitative estimate of drug-likeness (QED) is 0.314. The molecule has 1 aliphatic heterocycles. The first-order valence-corrected chi connectivity index (χ1v) is 10.8. The number of likely N-dealkylation sites (tertiary alicyclic amines) is 1. The summed E-state index contributed by atoms with van der Waals surface area (Å²) in [5, 5.41) is 8.13. The van der Waals surface area contributed by atoms with Crippen LogP contribution in [-0.2, 0) is 17.8 Å². The number of aliphatic imine (C=N–C) groups is 1. The van der Waals surface area contributed by atoms with Gasteiger partial charge in [0.2, 0.25) is 0 Å². The molecule has 0 radical (unpaired) electrons. The topological polar surface area (TPSA) is 63.9 Å². The molecular weight excluding hydrogens is 505 g/mol. The number of guanidine groups is 1. The van der Waals surface area contributed by atoms with Gasteiger partial charge in [0.05, 0.1) is 32.5 Å². The average Bonchev–Trinajstić information content (AvgIpc) is 3.35. The number of hydrogen-bond acceptors (Lipinski definition) is 4. The monoisotopic (exact) mass is 541 g/mol. The van der Waals surface area contributed by atoms with Crippen LogP contribution in [0.3, 0.4) is 0 Å². The summed E-state index contributed by atoms with van der Waals surface area (Å²) in [6.45, 7) is 11.2. The Bertz CT molecular complexity index is 850. The summed E-state index contributed by atoms with van der Waals surface area (Å²) in [6, 6.07) is 8.45. The highest BCUT2D eigenvalue weighted by atomic mass is 127. The summed E-state index contributed by atoms with van der Waals surface area (Å²) in [5.74, 6) is 2.40. The van der Waals surface area contributed by atoms with Gasteiger partial charge in [0, 0.05) is 43.9 Å². The van der Waals surface area contributed by atoms with Crippen LogP contribution in [0.5, 0.6) is 5.75 Å². The highest BCUT2D eigenvalue weighted by molar-refractivity contribution is 14.0. The fourth-order valence-electron chi connectivity index (χ4n) is 4.04. The van der Waals surface area contributed by atoms with Crippen LogP contribution < -0.4 is 10.1 Å². The number of rotatable bonds is 8. The fourth-order valence-corrected chi connectivity index (χ4v) is 4.04. The minimum absolute atomic E-state index is 0. The first-order chi connectivity index (χ1) is 14.6. The Hall–Kier alpha value is -1.81. The zero-order valence-electron chi connectivity index (χ0n) is 19.4. The van der Waals surface area contributed by atoms with Gasteiger partial charge >= 0.3 is 0 Å². The Morgan fingerprint density at radius 3 is 2.61 bits per heavy atom. The number of methoxy groups -OCH3 is 2. The van der Waals surface area contributed by atoms with Gasteiger partial charge < -0.3 is 19.7 Å². The summed E-state index contributed by atoms with van der Waals surface area (Å²) in [6.07, 6.45) is 1.13. The molecule has 3 rings (SSSR count). The molecule has 1 aliphatic rings. The van der Waals surface area contributed by atoms with Crippen molar-refractivity contribution in [2.45, 2.75) is 46.2 Å². The predicted octanol–water partition coefficient (Wildman–Crippen LogP) is 3.73. The van der Waals surface area contributed by atoms with Gasteiger partial charge in [0.25, 0.3) is 0 Å². The highest BCUT2D eigenvalue weighted by Crippen LogP contribution is 2.28. The largest absolute Gasteiger partial charge is 0.497 e. The van der Waals surface area contributed by atoms with E-state index in [1.807, 2.05) is 16.8 Å². The Kier molecular flexibility index (Phi) is 10.1. The van der Waals surface area contributed by atoms with Crippen molar-refractivity contribution >= 4 is 29.9 Å². The van der Waals surface area contributed by atoms with E-state index in [1.54, 1.807) is 14.2 Å².